The van der Waals surface area contributed by atoms with E-state index in [-0.39, 0.29) is 24.0 Å². The molecule has 0 unspecified atom stereocenters. The lowest BCUT2D eigenvalue weighted by atomic mass is 11.2. The van der Waals surface area contributed by atoms with Gasteiger partial charge in [-0.1, -0.05) is 0 Å². The predicted molar refractivity (Wildman–Crippen MR) is 32.6 cm³/mol. The van der Waals surface area contributed by atoms with Crippen molar-refractivity contribution in [2.24, 2.45) is 5.73 Å². The summed E-state index contributed by atoms with van der Waals surface area (Å²) in [5, 5.41) is 0.572. The van der Waals surface area contributed by atoms with Crippen LogP contribution in [0.15, 0.2) is 0 Å². The van der Waals surface area contributed by atoms with Gasteiger partial charge in [0.1, 0.15) is 0 Å². The number of hydroxylamine groups is 1. The van der Waals surface area contributed by atoms with Crippen molar-refractivity contribution in [3.63, 3.8) is 0 Å². The summed E-state index contributed by atoms with van der Waals surface area (Å²) in [5.74, 6) is 0. The number of nitrogens with two attached hydrogens (primary N) is 1. The number of nitrogens with one attached hydrogen (secondary N) is 1. The molecule has 0 heterocycles. The molecule has 50 valence electrons. The first-order valence-electron chi connectivity index (χ1n) is 1.76. The second-order valence-corrected chi connectivity index (χ2v) is 1.72. The second-order valence-electron chi connectivity index (χ2n) is 0.875. The summed E-state index contributed by atoms with van der Waals surface area (Å²) in [6.45, 7) is 0. The Labute approximate surface area is 69.9 Å². The topological polar surface area (TPSA) is 47.3 Å². The first-order valence-corrected chi connectivity index (χ1v) is 2.99. The number of hydrogen-bond acceptors (Lipinski definition) is 1. The van der Waals surface area contributed by atoms with Gasteiger partial charge in [-0.3, -0.25) is 4.84 Å². The third-order valence-electron chi connectivity index (χ3n) is 0.423. The summed E-state index contributed by atoms with van der Waals surface area (Å²) in [6, 6.07) is 0. The van der Waals surface area contributed by atoms with Gasteiger partial charge in [0.25, 0.3) is 0 Å². The smallest absolute Gasteiger partial charge is 0.340 e. The lowest BCUT2D eigenvalue weighted by Crippen LogP contribution is -3.00. The largest absolute Gasteiger partial charge is 1.00 e. The van der Waals surface area contributed by atoms with Crippen LogP contribution in [0.25, 0.3) is 0 Å². The molecule has 0 saturated heterocycles. The molecular formula is C3H9IN2OS. The van der Waals surface area contributed by atoms with Crippen LogP contribution in [0.2, 0.25) is 0 Å². The summed E-state index contributed by atoms with van der Waals surface area (Å²) < 4.78 is 0. The van der Waals surface area contributed by atoms with E-state index in [1.54, 1.807) is 0 Å². The van der Waals surface area contributed by atoms with Crippen molar-refractivity contribution in [2.75, 3.05) is 13.4 Å². The minimum absolute atomic E-state index is 0. The molecule has 3 N–H and O–H groups in total. The van der Waals surface area contributed by atoms with E-state index < -0.39 is 0 Å². The number of rotatable bonds is 1. The van der Waals surface area contributed by atoms with Crippen LogP contribution in [0.4, 0.5) is 0 Å². The molecule has 0 aliphatic carbocycles. The molecule has 0 radical (unpaired) electrons. The Balaban J connectivity index is 0. The quantitative estimate of drug-likeness (QED) is 0.215. The average molecular weight is 248 g/mol. The fourth-order valence-electron chi connectivity index (χ4n) is 0.142. The van der Waals surface area contributed by atoms with Crippen molar-refractivity contribution in [3.8, 4) is 0 Å². The molecular weight excluding hydrogens is 239 g/mol. The van der Waals surface area contributed by atoms with Gasteiger partial charge in [0.05, 0.1) is 7.11 Å². The van der Waals surface area contributed by atoms with Crippen molar-refractivity contribution in [2.45, 2.75) is 0 Å². The summed E-state index contributed by atoms with van der Waals surface area (Å²) in [5.41, 5.74) is 7.68. The molecule has 8 heavy (non-hydrogen) atoms. The first-order chi connectivity index (χ1) is 3.31. The van der Waals surface area contributed by atoms with Crippen LogP contribution < -0.4 is 35.2 Å². The third-order valence-corrected chi connectivity index (χ3v) is 0.946. The van der Waals surface area contributed by atoms with Crippen molar-refractivity contribution in [1.82, 2.24) is 5.48 Å². The highest BCUT2D eigenvalue weighted by Crippen LogP contribution is 1.50. The fraction of sp³-hybridized carbons (Fsp3) is 0.667. The second kappa shape index (κ2) is 7.70. The standard InChI is InChI=1S/C3H9N2OS.HI/c1-6-5-3(4)7-2;/h5H,4H2,1-2H3;1H/q+1;/p-1. The monoisotopic (exact) mass is 248 g/mol. The van der Waals surface area contributed by atoms with E-state index in [1.807, 2.05) is 6.26 Å². The lowest BCUT2D eigenvalue weighted by molar-refractivity contribution is -0.00000184. The summed E-state index contributed by atoms with van der Waals surface area (Å²) >= 11 is 1.41. The molecule has 0 atom stereocenters. The molecule has 0 rings (SSSR count). The fourth-order valence-corrected chi connectivity index (χ4v) is 0.309. The molecule has 0 saturated carbocycles. The highest BCUT2D eigenvalue weighted by Gasteiger charge is 1.93. The van der Waals surface area contributed by atoms with E-state index in [1.165, 1.54) is 18.5 Å². The zero-order chi connectivity index (χ0) is 5.70. The number of halogens is 1. The highest BCUT2D eigenvalue weighted by molar-refractivity contribution is 7.77. The van der Waals surface area contributed by atoms with Gasteiger partial charge in [0.2, 0.25) is 11.4 Å². The van der Waals surface area contributed by atoms with E-state index >= 15 is 0 Å². The van der Waals surface area contributed by atoms with E-state index in [4.69, 9.17) is 5.73 Å². The van der Waals surface area contributed by atoms with Crippen LogP contribution in [0.3, 0.4) is 0 Å². The molecule has 0 fully saturated rings. The van der Waals surface area contributed by atoms with E-state index in [0.717, 1.165) is 0 Å². The normalized spacial score (nSPS) is 10.6. The van der Waals surface area contributed by atoms with E-state index in [2.05, 4.69) is 10.3 Å². The molecule has 0 spiro atoms. The molecule has 0 bridgehead atoms. The molecule has 0 aromatic carbocycles. The van der Waals surface area contributed by atoms with E-state index in [9.17, 15) is 0 Å². The van der Waals surface area contributed by atoms with Gasteiger partial charge >= 0.3 is 5.11 Å². The summed E-state index contributed by atoms with van der Waals surface area (Å²) in [6.07, 6.45) is 1.86. The lowest BCUT2D eigenvalue weighted by Gasteiger charge is -1.86. The van der Waals surface area contributed by atoms with Gasteiger partial charge in [0, 0.05) is 0 Å². The van der Waals surface area contributed by atoms with Crippen molar-refractivity contribution in [1.29, 1.82) is 0 Å². The molecule has 0 aliphatic rings. The first kappa shape index (κ1) is 11.5. The Morgan fingerprint density at radius 3 is 2.38 bits per heavy atom. The van der Waals surface area contributed by atoms with E-state index in [0.29, 0.717) is 5.11 Å². The third kappa shape index (κ3) is 6.70. The minimum atomic E-state index is 0. The van der Waals surface area contributed by atoms with Gasteiger partial charge < -0.3 is 24.0 Å². The predicted octanol–water partition coefficient (Wildman–Crippen LogP) is -4.10. The Morgan fingerprint density at radius 2 is 2.25 bits per heavy atom. The maximum atomic E-state index is 5.23. The molecule has 0 amide bonds. The van der Waals surface area contributed by atoms with Gasteiger partial charge in [-0.05, 0) is 0 Å². The summed E-state index contributed by atoms with van der Waals surface area (Å²) in [4.78, 5) is 4.46. The van der Waals surface area contributed by atoms with Crippen LogP contribution in [-0.4, -0.2) is 18.5 Å². The van der Waals surface area contributed by atoms with Gasteiger partial charge in [-0.25, -0.2) is 5.73 Å². The molecule has 5 heteroatoms. The highest BCUT2D eigenvalue weighted by atomic mass is 127. The molecule has 0 aliphatic heterocycles. The molecule has 3 nitrogen and oxygen atoms in total. The Morgan fingerprint density at radius 1 is 1.75 bits per heavy atom. The molecule has 0 aromatic rings. The van der Waals surface area contributed by atoms with Crippen LogP contribution >= 0.6 is 0 Å². The van der Waals surface area contributed by atoms with Crippen LogP contribution in [-0.2, 0) is 16.2 Å². The van der Waals surface area contributed by atoms with Crippen molar-refractivity contribution < 1.29 is 28.8 Å². The maximum absolute atomic E-state index is 5.23. The van der Waals surface area contributed by atoms with Crippen LogP contribution in [0.5, 0.6) is 0 Å². The average Bonchev–Trinajstić information content (AvgIpc) is 1.68. The van der Waals surface area contributed by atoms with Gasteiger partial charge in [-0.15, -0.1) is 5.48 Å². The minimum Gasteiger partial charge on any atom is -1.00 e. The van der Waals surface area contributed by atoms with Crippen molar-refractivity contribution >= 4 is 16.5 Å². The molecule has 0 aromatic heterocycles. The zero-order valence-electron chi connectivity index (χ0n) is 4.77. The SMILES string of the molecule is CON/C(N)=[S+]/C.[I-]. The zero-order valence-corrected chi connectivity index (χ0v) is 7.75. The van der Waals surface area contributed by atoms with Crippen LogP contribution in [0, 0.1) is 0 Å². The van der Waals surface area contributed by atoms with Gasteiger partial charge in [-0.2, -0.15) is 0 Å². The Bertz CT molecular complexity index is 77.7. The Kier molecular flexibility index (Phi) is 11.1. The summed E-state index contributed by atoms with van der Waals surface area (Å²) in [7, 11) is 1.52. The Hall–Kier alpha value is 0.700. The maximum Gasteiger partial charge on any atom is 0.340 e. The number of hydrogen-bond donors (Lipinski definition) is 2. The van der Waals surface area contributed by atoms with Gasteiger partial charge in [0.15, 0.2) is 6.26 Å². The van der Waals surface area contributed by atoms with Crippen molar-refractivity contribution in [3.05, 3.63) is 0 Å². The van der Waals surface area contributed by atoms with Crippen LogP contribution in [0.1, 0.15) is 0 Å².